The molecular weight excluding hydrogens is 244 g/mol. The third-order valence-electron chi connectivity index (χ3n) is 3.74. The quantitative estimate of drug-likeness (QED) is 0.829. The van der Waals surface area contributed by atoms with E-state index in [4.69, 9.17) is 9.97 Å². The Morgan fingerprint density at radius 3 is 2.78 bits per heavy atom. The number of aromatic nitrogens is 3. The zero-order valence-corrected chi connectivity index (χ0v) is 10.9. The Kier molecular flexibility index (Phi) is 2.33. The minimum atomic E-state index is 0.907. The fraction of sp³-hybridized carbons (Fsp3) is 0.462. The molecule has 4 rings (SSSR count). The van der Waals surface area contributed by atoms with Crippen LogP contribution in [0.25, 0.3) is 11.4 Å². The lowest BCUT2D eigenvalue weighted by molar-refractivity contribution is 0.599. The number of anilines is 1. The van der Waals surface area contributed by atoms with Crippen LogP contribution in [0.2, 0.25) is 0 Å². The Balaban J connectivity index is 1.86. The maximum atomic E-state index is 4.77. The molecule has 1 fully saturated rings. The number of aryl methyl sites for hydroxylation is 1. The number of thiazole rings is 1. The number of fused-ring (bicyclic) bond motifs is 1. The van der Waals surface area contributed by atoms with E-state index >= 15 is 0 Å². The standard InChI is InChI=1S/C13H14N4S/c1-3-9-10(4-1)15-13(17-5-2-6-17)16-12(9)11-7-18-8-14-11/h7-8H,1-6H2. The minimum absolute atomic E-state index is 0.907. The van der Waals surface area contributed by atoms with Gasteiger partial charge in [0.2, 0.25) is 5.95 Å². The van der Waals surface area contributed by atoms with Crippen LogP contribution in [-0.4, -0.2) is 28.0 Å². The molecular formula is C13H14N4S. The van der Waals surface area contributed by atoms with Crippen molar-refractivity contribution in [1.29, 1.82) is 0 Å². The summed E-state index contributed by atoms with van der Waals surface area (Å²) in [7, 11) is 0. The monoisotopic (exact) mass is 258 g/mol. The van der Waals surface area contributed by atoms with Gasteiger partial charge in [0.15, 0.2) is 0 Å². The van der Waals surface area contributed by atoms with Gasteiger partial charge >= 0.3 is 0 Å². The third kappa shape index (κ3) is 1.54. The first-order valence-corrected chi connectivity index (χ1v) is 7.39. The first kappa shape index (κ1) is 10.4. The predicted octanol–water partition coefficient (Wildman–Crippen LogP) is 2.30. The second-order valence-corrected chi connectivity index (χ2v) is 5.58. The summed E-state index contributed by atoms with van der Waals surface area (Å²) in [6.45, 7) is 2.19. The molecule has 0 amide bonds. The summed E-state index contributed by atoms with van der Waals surface area (Å²) in [4.78, 5) is 16.2. The van der Waals surface area contributed by atoms with Crippen molar-refractivity contribution in [1.82, 2.24) is 15.0 Å². The van der Waals surface area contributed by atoms with E-state index in [2.05, 4.69) is 15.3 Å². The van der Waals surface area contributed by atoms with E-state index in [1.54, 1.807) is 11.3 Å². The number of rotatable bonds is 2. The molecule has 2 aliphatic rings. The van der Waals surface area contributed by atoms with Crippen LogP contribution in [0.1, 0.15) is 24.1 Å². The molecule has 92 valence electrons. The van der Waals surface area contributed by atoms with Crippen molar-refractivity contribution in [3.05, 3.63) is 22.1 Å². The molecule has 2 aromatic rings. The second-order valence-electron chi connectivity index (χ2n) is 4.87. The molecule has 5 heteroatoms. The van der Waals surface area contributed by atoms with Crippen LogP contribution < -0.4 is 4.90 Å². The Labute approximate surface area is 110 Å². The average Bonchev–Trinajstić information content (AvgIpc) is 2.96. The van der Waals surface area contributed by atoms with E-state index in [0.717, 1.165) is 43.3 Å². The summed E-state index contributed by atoms with van der Waals surface area (Å²) in [5.41, 5.74) is 6.53. The van der Waals surface area contributed by atoms with Gasteiger partial charge in [-0.05, 0) is 25.7 Å². The van der Waals surface area contributed by atoms with Crippen LogP contribution >= 0.6 is 11.3 Å². The van der Waals surface area contributed by atoms with Crippen LogP contribution in [0.4, 0.5) is 5.95 Å². The molecule has 1 saturated heterocycles. The zero-order valence-electron chi connectivity index (χ0n) is 10.1. The van der Waals surface area contributed by atoms with Gasteiger partial charge in [-0.1, -0.05) is 0 Å². The summed E-state index contributed by atoms with van der Waals surface area (Å²) in [6, 6.07) is 0. The van der Waals surface area contributed by atoms with Gasteiger partial charge in [0.25, 0.3) is 0 Å². The number of hydrogen-bond donors (Lipinski definition) is 0. The lowest BCUT2D eigenvalue weighted by Crippen LogP contribution is -2.38. The zero-order chi connectivity index (χ0) is 11.9. The van der Waals surface area contributed by atoms with E-state index in [-0.39, 0.29) is 0 Å². The van der Waals surface area contributed by atoms with E-state index in [1.165, 1.54) is 24.1 Å². The highest BCUT2D eigenvalue weighted by molar-refractivity contribution is 7.07. The SMILES string of the molecule is c1nc(-c2nc(N3CCC3)nc3c2CCC3)cs1. The van der Waals surface area contributed by atoms with Gasteiger partial charge in [0.1, 0.15) is 0 Å². The van der Waals surface area contributed by atoms with Gasteiger partial charge in [0.05, 0.1) is 16.9 Å². The summed E-state index contributed by atoms with van der Waals surface area (Å²) in [5, 5.41) is 2.08. The predicted molar refractivity (Wildman–Crippen MR) is 72.0 cm³/mol. The van der Waals surface area contributed by atoms with Gasteiger partial charge in [-0.15, -0.1) is 11.3 Å². The highest BCUT2D eigenvalue weighted by Crippen LogP contribution is 2.32. The maximum Gasteiger partial charge on any atom is 0.226 e. The highest BCUT2D eigenvalue weighted by Gasteiger charge is 2.25. The fourth-order valence-electron chi connectivity index (χ4n) is 2.62. The molecule has 1 aliphatic carbocycles. The molecule has 0 atom stereocenters. The highest BCUT2D eigenvalue weighted by atomic mass is 32.1. The summed E-state index contributed by atoms with van der Waals surface area (Å²) in [6.07, 6.45) is 4.65. The molecule has 0 N–H and O–H groups in total. The molecule has 18 heavy (non-hydrogen) atoms. The van der Waals surface area contributed by atoms with Crippen molar-refractivity contribution in [2.75, 3.05) is 18.0 Å². The summed E-state index contributed by atoms with van der Waals surface area (Å²) < 4.78 is 0. The van der Waals surface area contributed by atoms with Crippen LogP contribution in [-0.2, 0) is 12.8 Å². The van der Waals surface area contributed by atoms with E-state index in [1.807, 2.05) is 5.51 Å². The van der Waals surface area contributed by atoms with Crippen LogP contribution in [0.5, 0.6) is 0 Å². The minimum Gasteiger partial charge on any atom is -0.341 e. The molecule has 0 saturated carbocycles. The van der Waals surface area contributed by atoms with Gasteiger partial charge < -0.3 is 4.90 Å². The van der Waals surface area contributed by atoms with Crippen LogP contribution in [0.15, 0.2) is 10.9 Å². The van der Waals surface area contributed by atoms with Crippen molar-refractivity contribution >= 4 is 17.3 Å². The van der Waals surface area contributed by atoms with Gasteiger partial charge in [0, 0.05) is 29.7 Å². The van der Waals surface area contributed by atoms with E-state index in [0.29, 0.717) is 0 Å². The molecule has 0 aromatic carbocycles. The number of nitrogens with zero attached hydrogens (tertiary/aromatic N) is 4. The average molecular weight is 258 g/mol. The smallest absolute Gasteiger partial charge is 0.226 e. The Morgan fingerprint density at radius 2 is 2.06 bits per heavy atom. The van der Waals surface area contributed by atoms with Gasteiger partial charge in [-0.3, -0.25) is 0 Å². The van der Waals surface area contributed by atoms with E-state index in [9.17, 15) is 0 Å². The largest absolute Gasteiger partial charge is 0.341 e. The van der Waals surface area contributed by atoms with Crippen molar-refractivity contribution in [3.63, 3.8) is 0 Å². The third-order valence-corrected chi connectivity index (χ3v) is 4.32. The number of hydrogen-bond acceptors (Lipinski definition) is 5. The van der Waals surface area contributed by atoms with Crippen molar-refractivity contribution in [2.24, 2.45) is 0 Å². The van der Waals surface area contributed by atoms with Crippen LogP contribution in [0.3, 0.4) is 0 Å². The molecule has 4 nitrogen and oxygen atoms in total. The van der Waals surface area contributed by atoms with Gasteiger partial charge in [-0.2, -0.15) is 0 Å². The van der Waals surface area contributed by atoms with E-state index < -0.39 is 0 Å². The van der Waals surface area contributed by atoms with Gasteiger partial charge in [-0.25, -0.2) is 15.0 Å². The van der Waals surface area contributed by atoms with Crippen molar-refractivity contribution in [3.8, 4) is 11.4 Å². The summed E-state index contributed by atoms with van der Waals surface area (Å²) >= 11 is 1.63. The normalized spacial score (nSPS) is 17.7. The molecule has 3 heterocycles. The van der Waals surface area contributed by atoms with Crippen LogP contribution in [0, 0.1) is 0 Å². The molecule has 1 aliphatic heterocycles. The first-order valence-electron chi connectivity index (χ1n) is 6.45. The summed E-state index contributed by atoms with van der Waals surface area (Å²) in [5.74, 6) is 0.907. The second kappa shape index (κ2) is 4.02. The molecule has 0 unspecified atom stereocenters. The molecule has 2 aromatic heterocycles. The topological polar surface area (TPSA) is 41.9 Å². The first-order chi connectivity index (χ1) is 8.92. The maximum absolute atomic E-state index is 4.77. The molecule has 0 spiro atoms. The van der Waals surface area contributed by atoms with Crippen molar-refractivity contribution < 1.29 is 0 Å². The lowest BCUT2D eigenvalue weighted by Gasteiger charge is -2.31. The Bertz CT molecular complexity index is 575. The lowest BCUT2D eigenvalue weighted by atomic mass is 10.1. The molecule has 0 bridgehead atoms. The Hall–Kier alpha value is -1.49. The van der Waals surface area contributed by atoms with Crippen molar-refractivity contribution in [2.45, 2.75) is 25.7 Å². The Morgan fingerprint density at radius 1 is 1.11 bits per heavy atom. The fourth-order valence-corrected chi connectivity index (χ4v) is 3.16. The molecule has 0 radical (unpaired) electrons.